The van der Waals surface area contributed by atoms with E-state index in [0.717, 1.165) is 5.56 Å². The van der Waals surface area contributed by atoms with Gasteiger partial charge in [0, 0.05) is 33.3 Å². The zero-order valence-electron chi connectivity index (χ0n) is 12.3. The van der Waals surface area contributed by atoms with Crippen molar-refractivity contribution in [3.8, 4) is 11.1 Å². The van der Waals surface area contributed by atoms with Crippen LogP contribution in [0.2, 0.25) is 10.0 Å². The molecule has 0 aliphatic rings. The Morgan fingerprint density at radius 3 is 2.50 bits per heavy atom. The Balaban J connectivity index is 2.29. The van der Waals surface area contributed by atoms with E-state index in [2.05, 4.69) is 9.98 Å². The van der Waals surface area contributed by atoms with Gasteiger partial charge in [-0.25, -0.2) is 0 Å². The number of guanidine groups is 1. The fraction of sp³-hybridized carbons (Fsp3) is 0. The molecular weight excluding hydrogens is 347 g/mol. The Bertz CT molecular complexity index is 981. The maximum absolute atomic E-state index is 12.1. The minimum Gasteiger partial charge on any atom is -0.370 e. The molecule has 0 unspecified atom stereocenters. The van der Waals surface area contributed by atoms with Gasteiger partial charge in [-0.05, 0) is 24.3 Å². The minimum atomic E-state index is -0.540. The summed E-state index contributed by atoms with van der Waals surface area (Å²) < 4.78 is 0. The molecule has 0 atom stereocenters. The average molecular weight is 359 g/mol. The zero-order valence-corrected chi connectivity index (χ0v) is 13.8. The standard InChI is InChI=1S/C17H12Cl2N4O/c18-12-4-2-1-3-10(12)15-11-7-9(16(24)23-17(20)21)5-6-14(11)22-8-13(15)19/h1-8H,(H4,20,21,23,24). The van der Waals surface area contributed by atoms with Gasteiger partial charge in [0.1, 0.15) is 0 Å². The molecule has 0 saturated heterocycles. The second-order valence-corrected chi connectivity index (χ2v) is 5.85. The SMILES string of the molecule is NC(N)=NC(=O)c1ccc2ncc(Cl)c(-c3ccccc3Cl)c2c1. The van der Waals surface area contributed by atoms with Crippen LogP contribution in [0.25, 0.3) is 22.0 Å². The minimum absolute atomic E-state index is 0.296. The third-order valence-corrected chi connectivity index (χ3v) is 4.06. The van der Waals surface area contributed by atoms with E-state index in [9.17, 15) is 4.79 Å². The van der Waals surface area contributed by atoms with Crippen molar-refractivity contribution in [2.45, 2.75) is 0 Å². The van der Waals surface area contributed by atoms with Crippen molar-refractivity contribution < 1.29 is 4.79 Å². The van der Waals surface area contributed by atoms with Crippen LogP contribution in [0.1, 0.15) is 10.4 Å². The third-order valence-electron chi connectivity index (χ3n) is 3.44. The molecule has 24 heavy (non-hydrogen) atoms. The molecule has 0 radical (unpaired) electrons. The summed E-state index contributed by atoms with van der Waals surface area (Å²) in [4.78, 5) is 19.9. The quantitative estimate of drug-likeness (QED) is 0.540. The Morgan fingerprint density at radius 1 is 1.04 bits per heavy atom. The summed E-state index contributed by atoms with van der Waals surface area (Å²) in [6, 6.07) is 12.3. The molecule has 3 aromatic rings. The van der Waals surface area contributed by atoms with Crippen LogP contribution < -0.4 is 11.5 Å². The van der Waals surface area contributed by atoms with Gasteiger partial charge in [-0.15, -0.1) is 0 Å². The number of nitrogens with two attached hydrogens (primary N) is 2. The molecule has 4 N–H and O–H groups in total. The van der Waals surface area contributed by atoms with Crippen LogP contribution in [0, 0.1) is 0 Å². The van der Waals surface area contributed by atoms with E-state index >= 15 is 0 Å². The van der Waals surface area contributed by atoms with Crippen molar-refractivity contribution >= 4 is 46.0 Å². The highest BCUT2D eigenvalue weighted by atomic mass is 35.5. The molecule has 5 nitrogen and oxygen atoms in total. The second-order valence-electron chi connectivity index (χ2n) is 5.03. The van der Waals surface area contributed by atoms with Gasteiger partial charge in [-0.1, -0.05) is 41.4 Å². The van der Waals surface area contributed by atoms with Crippen molar-refractivity contribution in [3.05, 3.63) is 64.3 Å². The van der Waals surface area contributed by atoms with Crippen LogP contribution in [-0.2, 0) is 0 Å². The number of benzene rings is 2. The molecule has 120 valence electrons. The summed E-state index contributed by atoms with van der Waals surface area (Å²) >= 11 is 12.7. The number of pyridine rings is 1. The number of fused-ring (bicyclic) bond motifs is 1. The Labute approximate surface area is 147 Å². The van der Waals surface area contributed by atoms with E-state index in [-0.39, 0.29) is 5.96 Å². The molecule has 3 rings (SSSR count). The first-order valence-corrected chi connectivity index (χ1v) is 7.70. The van der Waals surface area contributed by atoms with Gasteiger partial charge in [0.25, 0.3) is 5.91 Å². The molecule has 0 saturated carbocycles. The van der Waals surface area contributed by atoms with Crippen LogP contribution in [0.5, 0.6) is 0 Å². The Morgan fingerprint density at radius 2 is 1.79 bits per heavy atom. The van der Waals surface area contributed by atoms with Gasteiger partial charge in [-0.2, -0.15) is 4.99 Å². The molecule has 0 bridgehead atoms. The maximum atomic E-state index is 12.1. The molecule has 7 heteroatoms. The van der Waals surface area contributed by atoms with Gasteiger partial charge in [0.15, 0.2) is 5.96 Å². The molecule has 0 aliphatic carbocycles. The van der Waals surface area contributed by atoms with E-state index < -0.39 is 5.91 Å². The second kappa shape index (κ2) is 6.47. The van der Waals surface area contributed by atoms with Gasteiger partial charge in [0.05, 0.1) is 10.5 Å². The van der Waals surface area contributed by atoms with Gasteiger partial charge < -0.3 is 11.5 Å². The van der Waals surface area contributed by atoms with Crippen molar-refractivity contribution in [1.82, 2.24) is 4.98 Å². The predicted octanol–water partition coefficient (Wildman–Crippen LogP) is 3.62. The molecule has 1 amide bonds. The topological polar surface area (TPSA) is 94.4 Å². The number of halogens is 2. The number of aromatic nitrogens is 1. The number of amides is 1. The summed E-state index contributed by atoms with van der Waals surface area (Å²) in [6.07, 6.45) is 1.56. The van der Waals surface area contributed by atoms with Crippen LogP contribution in [-0.4, -0.2) is 16.9 Å². The molecule has 1 heterocycles. The van der Waals surface area contributed by atoms with E-state index in [1.54, 1.807) is 30.5 Å². The third kappa shape index (κ3) is 3.04. The number of hydrogen-bond acceptors (Lipinski definition) is 2. The number of carbonyl (C=O) groups is 1. The van der Waals surface area contributed by atoms with Crippen LogP contribution in [0.15, 0.2) is 53.7 Å². The van der Waals surface area contributed by atoms with Crippen molar-refractivity contribution in [3.63, 3.8) is 0 Å². The Hall–Kier alpha value is -2.63. The van der Waals surface area contributed by atoms with Crippen LogP contribution >= 0.6 is 23.2 Å². The summed E-state index contributed by atoms with van der Waals surface area (Å²) in [7, 11) is 0. The number of nitrogens with zero attached hydrogens (tertiary/aromatic N) is 2. The predicted molar refractivity (Wildman–Crippen MR) is 97.3 cm³/mol. The van der Waals surface area contributed by atoms with Crippen molar-refractivity contribution in [1.29, 1.82) is 0 Å². The first kappa shape index (κ1) is 16.2. The fourth-order valence-electron chi connectivity index (χ4n) is 2.42. The maximum Gasteiger partial charge on any atom is 0.280 e. The lowest BCUT2D eigenvalue weighted by atomic mass is 9.99. The molecule has 2 aromatic carbocycles. The van der Waals surface area contributed by atoms with Gasteiger partial charge >= 0.3 is 0 Å². The van der Waals surface area contributed by atoms with Gasteiger partial charge in [-0.3, -0.25) is 9.78 Å². The molecule has 0 fully saturated rings. The van der Waals surface area contributed by atoms with Crippen LogP contribution in [0.3, 0.4) is 0 Å². The molecule has 0 spiro atoms. The highest BCUT2D eigenvalue weighted by Gasteiger charge is 2.15. The van der Waals surface area contributed by atoms with Gasteiger partial charge in [0.2, 0.25) is 0 Å². The number of carbonyl (C=O) groups excluding carboxylic acids is 1. The van der Waals surface area contributed by atoms with Crippen LogP contribution in [0.4, 0.5) is 0 Å². The lowest BCUT2D eigenvalue weighted by Gasteiger charge is -2.11. The normalized spacial score (nSPS) is 10.6. The zero-order chi connectivity index (χ0) is 17.3. The van der Waals surface area contributed by atoms with Crippen molar-refractivity contribution in [2.24, 2.45) is 16.5 Å². The van der Waals surface area contributed by atoms with E-state index in [1.807, 2.05) is 18.2 Å². The lowest BCUT2D eigenvalue weighted by Crippen LogP contribution is -2.24. The summed E-state index contributed by atoms with van der Waals surface area (Å²) in [6.45, 7) is 0. The lowest BCUT2D eigenvalue weighted by molar-refractivity contribution is 0.100. The molecule has 0 aliphatic heterocycles. The molecular formula is C17H12Cl2N4O. The molecule has 1 aromatic heterocycles. The fourth-order valence-corrected chi connectivity index (χ4v) is 2.90. The van der Waals surface area contributed by atoms with E-state index in [0.29, 0.717) is 32.1 Å². The number of aliphatic imine (C=N–C) groups is 1. The van der Waals surface area contributed by atoms with Crippen molar-refractivity contribution in [2.75, 3.05) is 0 Å². The number of hydrogen-bond donors (Lipinski definition) is 2. The van der Waals surface area contributed by atoms with E-state index in [4.69, 9.17) is 34.7 Å². The largest absolute Gasteiger partial charge is 0.370 e. The first-order valence-electron chi connectivity index (χ1n) is 6.94. The highest BCUT2D eigenvalue weighted by molar-refractivity contribution is 6.38. The first-order chi connectivity index (χ1) is 11.5. The Kier molecular flexibility index (Phi) is 4.38. The summed E-state index contributed by atoms with van der Waals surface area (Å²) in [5.74, 6) is -0.836. The summed E-state index contributed by atoms with van der Waals surface area (Å²) in [5.41, 5.74) is 13.0. The average Bonchev–Trinajstić information content (AvgIpc) is 2.54. The highest BCUT2D eigenvalue weighted by Crippen LogP contribution is 2.38. The van der Waals surface area contributed by atoms with E-state index in [1.165, 1.54) is 0 Å². The monoisotopic (exact) mass is 358 g/mol. The number of rotatable bonds is 2. The smallest absolute Gasteiger partial charge is 0.280 e. The summed E-state index contributed by atoms with van der Waals surface area (Å²) in [5, 5.41) is 1.67.